The summed E-state index contributed by atoms with van der Waals surface area (Å²) in [6.07, 6.45) is 0.957. The average Bonchev–Trinajstić information content (AvgIpc) is 2.42. The number of hydrazone groups is 1. The van der Waals surface area contributed by atoms with E-state index in [1.807, 2.05) is 23.2 Å². The monoisotopic (exact) mass is 264 g/mol. The van der Waals surface area contributed by atoms with E-state index in [1.54, 1.807) is 0 Å². The molecule has 0 unspecified atom stereocenters. The van der Waals surface area contributed by atoms with Crippen LogP contribution in [0.4, 0.5) is 0 Å². The van der Waals surface area contributed by atoms with Crippen LogP contribution in [-0.2, 0) is 6.42 Å². The van der Waals surface area contributed by atoms with Crippen molar-refractivity contribution in [3.63, 3.8) is 0 Å². The van der Waals surface area contributed by atoms with Crippen molar-refractivity contribution in [2.24, 2.45) is 10.8 Å². The minimum atomic E-state index is 0.653. The van der Waals surface area contributed by atoms with Crippen molar-refractivity contribution in [3.8, 4) is 0 Å². The molecule has 0 spiro atoms. The van der Waals surface area contributed by atoms with Crippen LogP contribution >= 0.6 is 12.2 Å². The first-order valence-electron chi connectivity index (χ1n) is 6.14. The summed E-state index contributed by atoms with van der Waals surface area (Å²) in [5, 5.41) is 11.7. The van der Waals surface area contributed by atoms with E-state index in [1.165, 1.54) is 5.56 Å². The number of thiocarbonyl (C=S) groups is 1. The molecular formula is C13H20N4S. The molecule has 1 aromatic carbocycles. The second kappa shape index (κ2) is 9.74. The smallest absolute Gasteiger partial charge is 0.0846 e. The second-order valence-electron chi connectivity index (χ2n) is 3.92. The van der Waals surface area contributed by atoms with E-state index in [2.05, 4.69) is 39.9 Å². The molecule has 0 fully saturated rings. The van der Waals surface area contributed by atoms with E-state index in [0.717, 1.165) is 32.6 Å². The van der Waals surface area contributed by atoms with E-state index in [9.17, 15) is 0 Å². The van der Waals surface area contributed by atoms with Crippen molar-refractivity contribution < 1.29 is 0 Å². The molecule has 0 atom stereocenters. The molecule has 0 aromatic heterocycles. The second-order valence-corrected chi connectivity index (χ2v) is 4.10. The van der Waals surface area contributed by atoms with Gasteiger partial charge in [-0.05, 0) is 24.2 Å². The summed E-state index contributed by atoms with van der Waals surface area (Å²) in [5.74, 6) is 0. The molecule has 3 N–H and O–H groups in total. The van der Waals surface area contributed by atoms with Gasteiger partial charge in [0.25, 0.3) is 0 Å². The molecule has 98 valence electrons. The Bertz CT molecular complexity index is 363. The number of hydrogen-bond donors (Lipinski definition) is 2. The molecule has 0 saturated heterocycles. The Morgan fingerprint density at radius 3 is 2.67 bits per heavy atom. The number of nitrogens with two attached hydrogens (primary N) is 1. The van der Waals surface area contributed by atoms with Crippen LogP contribution in [-0.4, -0.2) is 42.9 Å². The SMILES string of the molecule is NCCNCCN(CCc1ccccc1)N=C=S. The maximum absolute atomic E-state index is 5.41. The van der Waals surface area contributed by atoms with Crippen LogP contribution < -0.4 is 11.1 Å². The minimum Gasteiger partial charge on any atom is -0.329 e. The molecule has 1 rings (SSSR count). The zero-order chi connectivity index (χ0) is 13.1. The molecule has 0 aliphatic rings. The third-order valence-electron chi connectivity index (χ3n) is 2.55. The maximum Gasteiger partial charge on any atom is 0.0846 e. The van der Waals surface area contributed by atoms with Crippen LogP contribution in [0.2, 0.25) is 0 Å². The lowest BCUT2D eigenvalue weighted by Gasteiger charge is -2.17. The molecule has 1 aromatic rings. The van der Waals surface area contributed by atoms with Crippen molar-refractivity contribution in [1.29, 1.82) is 0 Å². The van der Waals surface area contributed by atoms with Gasteiger partial charge in [0.2, 0.25) is 0 Å². The Kier molecular flexibility index (Phi) is 8.01. The molecule has 18 heavy (non-hydrogen) atoms. The van der Waals surface area contributed by atoms with Crippen molar-refractivity contribution in [2.75, 3.05) is 32.7 Å². The molecule has 0 aliphatic carbocycles. The lowest BCUT2D eigenvalue weighted by atomic mass is 10.1. The highest BCUT2D eigenvalue weighted by atomic mass is 32.1. The van der Waals surface area contributed by atoms with Gasteiger partial charge in [0.1, 0.15) is 0 Å². The number of nitrogens with zero attached hydrogens (tertiary/aromatic N) is 2. The third kappa shape index (κ3) is 6.47. The first-order chi connectivity index (χ1) is 8.86. The van der Waals surface area contributed by atoms with Gasteiger partial charge in [-0.15, -0.1) is 5.10 Å². The fraction of sp³-hybridized carbons (Fsp3) is 0.462. The first kappa shape index (κ1) is 14.8. The first-order valence-corrected chi connectivity index (χ1v) is 6.55. The normalized spacial score (nSPS) is 9.83. The topological polar surface area (TPSA) is 53.6 Å². The number of benzene rings is 1. The van der Waals surface area contributed by atoms with Gasteiger partial charge >= 0.3 is 0 Å². The van der Waals surface area contributed by atoms with Crippen molar-refractivity contribution in [3.05, 3.63) is 35.9 Å². The van der Waals surface area contributed by atoms with Gasteiger partial charge in [-0.1, -0.05) is 30.3 Å². The van der Waals surface area contributed by atoms with Crippen molar-refractivity contribution in [2.45, 2.75) is 6.42 Å². The standard InChI is InChI=1S/C13H20N4S/c14-7-8-15-9-11-17(16-12-18)10-6-13-4-2-1-3-5-13/h1-5,15H,6-11,14H2. The molecule has 0 radical (unpaired) electrons. The van der Waals surface area contributed by atoms with Crippen LogP contribution in [0.1, 0.15) is 5.56 Å². The number of isothiocyanates is 1. The summed E-state index contributed by atoms with van der Waals surface area (Å²) < 4.78 is 0. The molecule has 5 heteroatoms. The van der Waals surface area contributed by atoms with Gasteiger partial charge in [-0.3, -0.25) is 5.01 Å². The summed E-state index contributed by atoms with van der Waals surface area (Å²) in [6.45, 7) is 4.00. The highest BCUT2D eigenvalue weighted by Gasteiger charge is 2.01. The minimum absolute atomic E-state index is 0.653. The van der Waals surface area contributed by atoms with E-state index in [-0.39, 0.29) is 0 Å². The van der Waals surface area contributed by atoms with Crippen LogP contribution in [0.25, 0.3) is 0 Å². The Labute approximate surface area is 114 Å². The molecule has 0 aliphatic heterocycles. The highest BCUT2D eigenvalue weighted by Crippen LogP contribution is 2.01. The molecular weight excluding hydrogens is 244 g/mol. The summed E-state index contributed by atoms with van der Waals surface area (Å²) in [7, 11) is 0. The Morgan fingerprint density at radius 1 is 1.22 bits per heavy atom. The Hall–Kier alpha value is -1.26. The number of nitrogens with one attached hydrogen (secondary N) is 1. The van der Waals surface area contributed by atoms with Crippen LogP contribution in [0.3, 0.4) is 0 Å². The molecule has 0 saturated carbocycles. The molecule has 0 bridgehead atoms. The van der Waals surface area contributed by atoms with Gasteiger partial charge < -0.3 is 11.1 Å². The summed E-state index contributed by atoms with van der Waals surface area (Å²) in [4.78, 5) is 0. The van der Waals surface area contributed by atoms with Crippen LogP contribution in [0, 0.1) is 0 Å². The molecule has 0 heterocycles. The highest BCUT2D eigenvalue weighted by molar-refractivity contribution is 7.78. The lowest BCUT2D eigenvalue weighted by molar-refractivity contribution is 0.293. The predicted octanol–water partition coefficient (Wildman–Crippen LogP) is 1.10. The molecule has 4 nitrogen and oxygen atoms in total. The van der Waals surface area contributed by atoms with Crippen molar-refractivity contribution in [1.82, 2.24) is 10.3 Å². The zero-order valence-corrected chi connectivity index (χ0v) is 11.3. The van der Waals surface area contributed by atoms with E-state index >= 15 is 0 Å². The van der Waals surface area contributed by atoms with Crippen LogP contribution in [0.5, 0.6) is 0 Å². The summed E-state index contributed by atoms with van der Waals surface area (Å²) in [6, 6.07) is 10.3. The van der Waals surface area contributed by atoms with E-state index in [4.69, 9.17) is 5.73 Å². The number of hydrogen-bond acceptors (Lipinski definition) is 5. The summed E-state index contributed by atoms with van der Waals surface area (Å²) >= 11 is 4.66. The van der Waals surface area contributed by atoms with Gasteiger partial charge in [0.15, 0.2) is 0 Å². The van der Waals surface area contributed by atoms with E-state index in [0.29, 0.717) is 6.54 Å². The Morgan fingerprint density at radius 2 is 2.00 bits per heavy atom. The van der Waals surface area contributed by atoms with Gasteiger partial charge in [-0.25, -0.2) is 0 Å². The third-order valence-corrected chi connectivity index (χ3v) is 2.63. The molecule has 0 amide bonds. The van der Waals surface area contributed by atoms with Gasteiger partial charge in [-0.2, -0.15) is 0 Å². The summed E-state index contributed by atoms with van der Waals surface area (Å²) in [5.41, 5.74) is 6.71. The predicted molar refractivity (Wildman–Crippen MR) is 78.7 cm³/mol. The quantitative estimate of drug-likeness (QED) is 0.303. The maximum atomic E-state index is 5.41. The lowest BCUT2D eigenvalue weighted by Crippen LogP contribution is -2.32. The van der Waals surface area contributed by atoms with Gasteiger partial charge in [0, 0.05) is 32.7 Å². The largest absolute Gasteiger partial charge is 0.329 e. The fourth-order valence-corrected chi connectivity index (χ4v) is 1.72. The average molecular weight is 264 g/mol. The van der Waals surface area contributed by atoms with Crippen LogP contribution in [0.15, 0.2) is 35.4 Å². The number of rotatable bonds is 9. The Balaban J connectivity index is 2.31. The van der Waals surface area contributed by atoms with Crippen molar-refractivity contribution >= 4 is 17.4 Å². The van der Waals surface area contributed by atoms with Gasteiger partial charge in [0.05, 0.1) is 5.16 Å². The zero-order valence-electron chi connectivity index (χ0n) is 10.5. The fourth-order valence-electron chi connectivity index (χ4n) is 1.61. The van der Waals surface area contributed by atoms with E-state index < -0.39 is 0 Å².